The van der Waals surface area contributed by atoms with Gasteiger partial charge in [-0.1, -0.05) is 12.1 Å². The minimum Gasteiger partial charge on any atom is -0.469 e. The monoisotopic (exact) mass is 231 g/mol. The number of anilines is 1. The molecule has 0 aliphatic heterocycles. The maximum atomic E-state index is 8.92. The summed E-state index contributed by atoms with van der Waals surface area (Å²) in [6, 6.07) is 11.7. The highest BCUT2D eigenvalue weighted by molar-refractivity contribution is 5.44. The average Bonchev–Trinajstić information content (AvgIpc) is 2.88. The Morgan fingerprint density at radius 1 is 1.12 bits per heavy atom. The Morgan fingerprint density at radius 2 is 1.94 bits per heavy atom. The SMILES string of the molecule is OCc1ccc(NCCCc2ccco2)cc1. The number of aryl methyl sites for hydroxylation is 1. The molecule has 1 aromatic heterocycles. The Hall–Kier alpha value is -1.74. The van der Waals surface area contributed by atoms with Gasteiger partial charge in [0.1, 0.15) is 5.76 Å². The van der Waals surface area contributed by atoms with Crippen LogP contribution in [-0.4, -0.2) is 11.7 Å². The van der Waals surface area contributed by atoms with Crippen LogP contribution in [-0.2, 0) is 13.0 Å². The van der Waals surface area contributed by atoms with Crippen molar-refractivity contribution in [1.82, 2.24) is 0 Å². The molecule has 1 heterocycles. The molecule has 0 bridgehead atoms. The van der Waals surface area contributed by atoms with Crippen LogP contribution >= 0.6 is 0 Å². The molecule has 0 atom stereocenters. The zero-order valence-corrected chi connectivity index (χ0v) is 9.73. The van der Waals surface area contributed by atoms with Crippen molar-refractivity contribution in [2.24, 2.45) is 0 Å². The third-order valence-corrected chi connectivity index (χ3v) is 2.65. The summed E-state index contributed by atoms with van der Waals surface area (Å²) in [7, 11) is 0. The van der Waals surface area contributed by atoms with E-state index >= 15 is 0 Å². The Bertz CT molecular complexity index is 420. The van der Waals surface area contributed by atoms with E-state index in [1.54, 1.807) is 6.26 Å². The Labute approximate surface area is 101 Å². The van der Waals surface area contributed by atoms with E-state index in [1.807, 2.05) is 36.4 Å². The zero-order chi connectivity index (χ0) is 11.9. The van der Waals surface area contributed by atoms with Crippen LogP contribution in [0.25, 0.3) is 0 Å². The van der Waals surface area contributed by atoms with E-state index in [2.05, 4.69) is 5.32 Å². The summed E-state index contributed by atoms with van der Waals surface area (Å²) in [6.07, 6.45) is 3.69. The largest absolute Gasteiger partial charge is 0.469 e. The van der Waals surface area contributed by atoms with E-state index < -0.39 is 0 Å². The van der Waals surface area contributed by atoms with Gasteiger partial charge in [-0.15, -0.1) is 0 Å². The van der Waals surface area contributed by atoms with Gasteiger partial charge in [0.15, 0.2) is 0 Å². The molecule has 0 aliphatic carbocycles. The molecule has 0 fully saturated rings. The fourth-order valence-electron chi connectivity index (χ4n) is 1.68. The Kier molecular flexibility index (Phi) is 4.22. The predicted molar refractivity (Wildman–Crippen MR) is 67.9 cm³/mol. The van der Waals surface area contributed by atoms with Gasteiger partial charge >= 0.3 is 0 Å². The van der Waals surface area contributed by atoms with Gasteiger partial charge in [0, 0.05) is 18.7 Å². The van der Waals surface area contributed by atoms with Gasteiger partial charge in [0.05, 0.1) is 12.9 Å². The molecule has 1 aromatic carbocycles. The van der Waals surface area contributed by atoms with Crippen molar-refractivity contribution in [3.63, 3.8) is 0 Å². The topological polar surface area (TPSA) is 45.4 Å². The molecule has 0 radical (unpaired) electrons. The van der Waals surface area contributed by atoms with Crippen LogP contribution in [0.5, 0.6) is 0 Å². The Morgan fingerprint density at radius 3 is 2.59 bits per heavy atom. The third kappa shape index (κ3) is 3.64. The molecule has 90 valence electrons. The number of aliphatic hydroxyl groups excluding tert-OH is 1. The van der Waals surface area contributed by atoms with Gasteiger partial charge in [0.2, 0.25) is 0 Å². The lowest BCUT2D eigenvalue weighted by atomic mass is 10.2. The lowest BCUT2D eigenvalue weighted by molar-refractivity contribution is 0.282. The van der Waals surface area contributed by atoms with Gasteiger partial charge in [-0.05, 0) is 36.2 Å². The number of nitrogens with one attached hydrogen (secondary N) is 1. The standard InChI is InChI=1S/C14H17NO2/c16-11-12-5-7-13(8-6-12)15-9-1-3-14-4-2-10-17-14/h2,4-8,10,15-16H,1,3,9,11H2. The first-order valence-corrected chi connectivity index (χ1v) is 5.84. The van der Waals surface area contributed by atoms with E-state index in [4.69, 9.17) is 9.52 Å². The molecule has 0 spiro atoms. The second-order valence-electron chi connectivity index (χ2n) is 3.96. The van der Waals surface area contributed by atoms with E-state index in [0.717, 1.165) is 36.4 Å². The molecule has 0 amide bonds. The van der Waals surface area contributed by atoms with Crippen molar-refractivity contribution in [2.45, 2.75) is 19.4 Å². The summed E-state index contributed by atoms with van der Waals surface area (Å²) in [5.41, 5.74) is 2.02. The molecule has 3 heteroatoms. The van der Waals surface area contributed by atoms with E-state index in [9.17, 15) is 0 Å². The zero-order valence-electron chi connectivity index (χ0n) is 9.73. The maximum absolute atomic E-state index is 8.92. The highest BCUT2D eigenvalue weighted by Gasteiger charge is 1.96. The number of aliphatic hydroxyl groups is 1. The molecule has 2 rings (SSSR count). The first-order valence-electron chi connectivity index (χ1n) is 5.84. The number of furan rings is 1. The highest BCUT2D eigenvalue weighted by atomic mass is 16.3. The molecule has 3 nitrogen and oxygen atoms in total. The van der Waals surface area contributed by atoms with Crippen LogP contribution < -0.4 is 5.32 Å². The van der Waals surface area contributed by atoms with Gasteiger partial charge in [0.25, 0.3) is 0 Å². The second kappa shape index (κ2) is 6.11. The molecule has 0 saturated carbocycles. The van der Waals surface area contributed by atoms with Crippen LogP contribution in [0.1, 0.15) is 17.7 Å². The summed E-state index contributed by atoms with van der Waals surface area (Å²) >= 11 is 0. The van der Waals surface area contributed by atoms with Gasteiger partial charge in [-0.3, -0.25) is 0 Å². The first-order chi connectivity index (χ1) is 8.38. The van der Waals surface area contributed by atoms with Crippen molar-refractivity contribution >= 4 is 5.69 Å². The number of hydrogen-bond acceptors (Lipinski definition) is 3. The summed E-state index contributed by atoms with van der Waals surface area (Å²) in [4.78, 5) is 0. The van der Waals surface area contributed by atoms with Crippen molar-refractivity contribution in [1.29, 1.82) is 0 Å². The molecular formula is C14H17NO2. The van der Waals surface area contributed by atoms with E-state index in [1.165, 1.54) is 0 Å². The number of rotatable bonds is 6. The molecule has 0 saturated heterocycles. The van der Waals surface area contributed by atoms with Crippen LogP contribution in [0.15, 0.2) is 47.1 Å². The summed E-state index contributed by atoms with van der Waals surface area (Å²) in [6.45, 7) is 1.01. The van der Waals surface area contributed by atoms with Crippen molar-refractivity contribution in [3.05, 3.63) is 54.0 Å². The summed E-state index contributed by atoms with van der Waals surface area (Å²) < 4.78 is 5.26. The minimum absolute atomic E-state index is 0.0960. The molecular weight excluding hydrogens is 214 g/mol. The van der Waals surface area contributed by atoms with Gasteiger partial charge in [-0.25, -0.2) is 0 Å². The third-order valence-electron chi connectivity index (χ3n) is 2.65. The smallest absolute Gasteiger partial charge is 0.103 e. The maximum Gasteiger partial charge on any atom is 0.103 e. The van der Waals surface area contributed by atoms with Gasteiger partial charge < -0.3 is 14.8 Å². The lowest BCUT2D eigenvalue weighted by Gasteiger charge is -2.06. The normalized spacial score (nSPS) is 10.4. The molecule has 2 N–H and O–H groups in total. The molecule has 0 unspecified atom stereocenters. The molecule has 0 aliphatic rings. The number of hydrogen-bond donors (Lipinski definition) is 2. The van der Waals surface area contributed by atoms with E-state index in [0.29, 0.717) is 0 Å². The fourth-order valence-corrected chi connectivity index (χ4v) is 1.68. The van der Waals surface area contributed by atoms with E-state index in [-0.39, 0.29) is 6.61 Å². The summed E-state index contributed by atoms with van der Waals surface area (Å²) in [5.74, 6) is 1.03. The molecule has 17 heavy (non-hydrogen) atoms. The van der Waals surface area contributed by atoms with Crippen LogP contribution in [0.4, 0.5) is 5.69 Å². The van der Waals surface area contributed by atoms with Gasteiger partial charge in [-0.2, -0.15) is 0 Å². The summed E-state index contributed by atoms with van der Waals surface area (Å²) in [5, 5.41) is 12.3. The van der Waals surface area contributed by atoms with Crippen molar-refractivity contribution in [3.8, 4) is 0 Å². The highest BCUT2D eigenvalue weighted by Crippen LogP contribution is 2.10. The van der Waals surface area contributed by atoms with Crippen LogP contribution in [0.3, 0.4) is 0 Å². The quantitative estimate of drug-likeness (QED) is 0.751. The Balaban J connectivity index is 1.70. The van der Waals surface area contributed by atoms with Crippen molar-refractivity contribution in [2.75, 3.05) is 11.9 Å². The van der Waals surface area contributed by atoms with Crippen LogP contribution in [0, 0.1) is 0 Å². The fraction of sp³-hybridized carbons (Fsp3) is 0.286. The second-order valence-corrected chi connectivity index (χ2v) is 3.96. The lowest BCUT2D eigenvalue weighted by Crippen LogP contribution is -2.02. The predicted octanol–water partition coefficient (Wildman–Crippen LogP) is 2.82. The first kappa shape index (κ1) is 11.7. The molecule has 2 aromatic rings. The number of benzene rings is 1. The van der Waals surface area contributed by atoms with Crippen molar-refractivity contribution < 1.29 is 9.52 Å². The minimum atomic E-state index is 0.0960. The van der Waals surface area contributed by atoms with Crippen LogP contribution in [0.2, 0.25) is 0 Å². The average molecular weight is 231 g/mol.